The van der Waals surface area contributed by atoms with Crippen molar-refractivity contribution in [2.75, 3.05) is 6.54 Å². The molecule has 132 valence electrons. The van der Waals surface area contributed by atoms with Gasteiger partial charge in [0.15, 0.2) is 5.82 Å². The Morgan fingerprint density at radius 2 is 1.92 bits per heavy atom. The van der Waals surface area contributed by atoms with Crippen molar-refractivity contribution in [2.24, 2.45) is 0 Å². The predicted molar refractivity (Wildman–Crippen MR) is 92.1 cm³/mol. The molecule has 0 unspecified atom stereocenters. The Bertz CT molecular complexity index is 602. The van der Waals surface area contributed by atoms with Crippen LogP contribution in [0.1, 0.15) is 85.1 Å². The summed E-state index contributed by atoms with van der Waals surface area (Å²) >= 11 is 0. The van der Waals surface area contributed by atoms with E-state index < -0.39 is 0 Å². The fraction of sp³-hybridized carbons (Fsp3) is 0.722. The van der Waals surface area contributed by atoms with E-state index in [2.05, 4.69) is 15.6 Å². The van der Waals surface area contributed by atoms with E-state index in [0.29, 0.717) is 18.1 Å². The van der Waals surface area contributed by atoms with Gasteiger partial charge in [0, 0.05) is 19.1 Å². The molecule has 2 N–H and O–H groups in total. The average Bonchev–Trinajstić information content (AvgIpc) is 3.00. The molecule has 2 aliphatic rings. The van der Waals surface area contributed by atoms with E-state index in [-0.39, 0.29) is 17.9 Å². The van der Waals surface area contributed by atoms with Crippen LogP contribution in [0.15, 0.2) is 0 Å². The van der Waals surface area contributed by atoms with E-state index >= 15 is 0 Å². The molecule has 6 heteroatoms. The molecule has 2 heterocycles. The Labute approximate surface area is 143 Å². The first-order valence-electron chi connectivity index (χ1n) is 9.39. The molecular weight excluding hydrogens is 304 g/mol. The summed E-state index contributed by atoms with van der Waals surface area (Å²) in [7, 11) is 0. The molecule has 0 spiro atoms. The Morgan fingerprint density at radius 1 is 1.12 bits per heavy atom. The highest BCUT2D eigenvalue weighted by molar-refractivity contribution is 5.97. The summed E-state index contributed by atoms with van der Waals surface area (Å²) in [5.74, 6) is 0.135. The molecule has 0 bridgehead atoms. The van der Waals surface area contributed by atoms with Gasteiger partial charge >= 0.3 is 0 Å². The van der Waals surface area contributed by atoms with Crippen LogP contribution in [-0.2, 0) is 13.0 Å². The van der Waals surface area contributed by atoms with Gasteiger partial charge in [-0.05, 0) is 38.5 Å². The second-order valence-corrected chi connectivity index (χ2v) is 6.90. The maximum Gasteiger partial charge on any atom is 0.287 e. The molecule has 1 fully saturated rings. The molecule has 6 nitrogen and oxygen atoms in total. The summed E-state index contributed by atoms with van der Waals surface area (Å²) in [4.78, 5) is 29.5. The summed E-state index contributed by atoms with van der Waals surface area (Å²) in [5.41, 5.74) is 1.36. The number of carbonyl (C=O) groups excluding carboxylic acids is 2. The van der Waals surface area contributed by atoms with E-state index in [9.17, 15) is 9.59 Å². The van der Waals surface area contributed by atoms with Gasteiger partial charge in [-0.1, -0.05) is 26.2 Å². The number of hydrogen-bond donors (Lipinski definition) is 2. The molecule has 0 atom stereocenters. The van der Waals surface area contributed by atoms with Gasteiger partial charge in [-0.25, -0.2) is 4.98 Å². The number of nitrogens with zero attached hydrogens (tertiary/aromatic N) is 2. The number of nitrogens with one attached hydrogen (secondary N) is 2. The van der Waals surface area contributed by atoms with Crippen molar-refractivity contribution in [1.29, 1.82) is 0 Å². The first-order chi connectivity index (χ1) is 11.7. The molecule has 3 rings (SSSR count). The zero-order chi connectivity index (χ0) is 16.9. The fourth-order valence-electron chi connectivity index (χ4n) is 3.72. The zero-order valence-electron chi connectivity index (χ0n) is 14.6. The highest BCUT2D eigenvalue weighted by atomic mass is 16.2. The van der Waals surface area contributed by atoms with Crippen LogP contribution in [0.5, 0.6) is 0 Å². The van der Waals surface area contributed by atoms with Crippen LogP contribution >= 0.6 is 0 Å². The van der Waals surface area contributed by atoms with Crippen molar-refractivity contribution < 1.29 is 9.59 Å². The van der Waals surface area contributed by atoms with Crippen LogP contribution in [0, 0.1) is 0 Å². The molecular formula is C18H28N4O2. The molecule has 1 aromatic rings. The van der Waals surface area contributed by atoms with E-state index in [1.165, 1.54) is 19.3 Å². The predicted octanol–water partition coefficient (Wildman–Crippen LogP) is 2.42. The second-order valence-electron chi connectivity index (χ2n) is 6.90. The molecule has 2 amide bonds. The van der Waals surface area contributed by atoms with E-state index in [1.54, 1.807) is 0 Å². The quantitative estimate of drug-likeness (QED) is 0.869. The number of rotatable bonds is 5. The van der Waals surface area contributed by atoms with Crippen molar-refractivity contribution >= 4 is 11.8 Å². The number of hydrogen-bond acceptors (Lipinski definition) is 3. The Balaban J connectivity index is 1.80. The summed E-state index contributed by atoms with van der Waals surface area (Å²) in [5, 5.41) is 6.01. The smallest absolute Gasteiger partial charge is 0.287 e. The van der Waals surface area contributed by atoms with Crippen molar-refractivity contribution in [1.82, 2.24) is 20.2 Å². The van der Waals surface area contributed by atoms with Crippen molar-refractivity contribution in [3.05, 3.63) is 17.2 Å². The molecule has 1 aromatic heterocycles. The summed E-state index contributed by atoms with van der Waals surface area (Å²) in [6, 6.07) is 0.250. The maximum absolute atomic E-state index is 12.7. The van der Waals surface area contributed by atoms with Gasteiger partial charge in [-0.2, -0.15) is 0 Å². The van der Waals surface area contributed by atoms with Gasteiger partial charge in [0.25, 0.3) is 11.8 Å². The summed E-state index contributed by atoms with van der Waals surface area (Å²) < 4.78 is 1.96. The van der Waals surface area contributed by atoms with Gasteiger partial charge in [0.1, 0.15) is 5.69 Å². The Morgan fingerprint density at radius 3 is 2.67 bits per heavy atom. The van der Waals surface area contributed by atoms with Gasteiger partial charge in [0.2, 0.25) is 0 Å². The molecule has 0 saturated heterocycles. The minimum absolute atomic E-state index is 0.125. The van der Waals surface area contributed by atoms with E-state index in [4.69, 9.17) is 0 Å². The Hall–Kier alpha value is -1.85. The van der Waals surface area contributed by atoms with Gasteiger partial charge in [-0.15, -0.1) is 0 Å². The van der Waals surface area contributed by atoms with Crippen LogP contribution in [-0.4, -0.2) is 34.0 Å². The van der Waals surface area contributed by atoms with Gasteiger partial charge < -0.3 is 15.2 Å². The number of carbonyl (C=O) groups is 2. The topological polar surface area (TPSA) is 76.0 Å². The Kier molecular flexibility index (Phi) is 5.53. The van der Waals surface area contributed by atoms with Gasteiger partial charge in [0.05, 0.1) is 5.69 Å². The molecule has 1 aliphatic carbocycles. The van der Waals surface area contributed by atoms with Crippen LogP contribution < -0.4 is 10.6 Å². The standard InChI is InChI=1S/C18H28N4O2/c1-2-11-19-17(23)15-14-10-6-7-12-22(14)16(21-15)18(24)20-13-8-4-3-5-9-13/h13H,2-12H2,1H3,(H,19,23)(H,20,24). The number of imidazole rings is 1. The minimum Gasteiger partial charge on any atom is -0.351 e. The van der Waals surface area contributed by atoms with Crippen LogP contribution in [0.3, 0.4) is 0 Å². The molecule has 1 saturated carbocycles. The first kappa shape index (κ1) is 17.0. The first-order valence-corrected chi connectivity index (χ1v) is 9.39. The largest absolute Gasteiger partial charge is 0.351 e. The lowest BCUT2D eigenvalue weighted by Gasteiger charge is -2.23. The molecule has 24 heavy (non-hydrogen) atoms. The second kappa shape index (κ2) is 7.81. The average molecular weight is 332 g/mol. The molecule has 1 aliphatic heterocycles. The minimum atomic E-state index is -0.154. The molecule has 0 radical (unpaired) electrons. The zero-order valence-corrected chi connectivity index (χ0v) is 14.6. The highest BCUT2D eigenvalue weighted by Gasteiger charge is 2.28. The third-order valence-electron chi connectivity index (χ3n) is 5.01. The SMILES string of the molecule is CCCNC(=O)c1nc(C(=O)NC2CCCCC2)n2c1CCCC2. The van der Waals surface area contributed by atoms with E-state index in [1.807, 2.05) is 11.5 Å². The van der Waals surface area contributed by atoms with E-state index in [0.717, 1.165) is 50.8 Å². The van der Waals surface area contributed by atoms with Crippen molar-refractivity contribution in [2.45, 2.75) is 77.3 Å². The lowest BCUT2D eigenvalue weighted by molar-refractivity contribution is 0.0911. The van der Waals surface area contributed by atoms with Crippen LogP contribution in [0.25, 0.3) is 0 Å². The normalized spacial score (nSPS) is 18.0. The monoisotopic (exact) mass is 332 g/mol. The fourth-order valence-corrected chi connectivity index (χ4v) is 3.72. The van der Waals surface area contributed by atoms with Crippen LogP contribution in [0.2, 0.25) is 0 Å². The lowest BCUT2D eigenvalue weighted by atomic mass is 9.95. The van der Waals surface area contributed by atoms with Crippen molar-refractivity contribution in [3.8, 4) is 0 Å². The van der Waals surface area contributed by atoms with Gasteiger partial charge in [-0.3, -0.25) is 9.59 Å². The summed E-state index contributed by atoms with van der Waals surface area (Å²) in [6.45, 7) is 3.43. The number of fused-ring (bicyclic) bond motifs is 1. The summed E-state index contributed by atoms with van der Waals surface area (Å²) in [6.07, 6.45) is 9.48. The third-order valence-corrected chi connectivity index (χ3v) is 5.01. The number of amides is 2. The lowest BCUT2D eigenvalue weighted by Crippen LogP contribution is -2.37. The van der Waals surface area contributed by atoms with Crippen molar-refractivity contribution in [3.63, 3.8) is 0 Å². The third kappa shape index (κ3) is 3.62. The number of aromatic nitrogens is 2. The van der Waals surface area contributed by atoms with Crippen LogP contribution in [0.4, 0.5) is 0 Å². The highest BCUT2D eigenvalue weighted by Crippen LogP contribution is 2.22. The molecule has 0 aromatic carbocycles. The maximum atomic E-state index is 12.7.